The van der Waals surface area contributed by atoms with E-state index in [2.05, 4.69) is 5.32 Å². The Balaban J connectivity index is 1.28. The third kappa shape index (κ3) is 4.71. The Morgan fingerprint density at radius 1 is 1.00 bits per heavy atom. The SMILES string of the molecule is O=C(NCc1ccc(COc2ccccc2)cc1)C1CCCN1C(=O)c1ccco1. The smallest absolute Gasteiger partial charge is 0.290 e. The molecule has 0 saturated carbocycles. The number of rotatable bonds is 7. The molecule has 0 spiro atoms. The predicted molar refractivity (Wildman–Crippen MR) is 112 cm³/mol. The zero-order chi connectivity index (χ0) is 20.8. The van der Waals surface area contributed by atoms with Gasteiger partial charge in [-0.15, -0.1) is 0 Å². The van der Waals surface area contributed by atoms with E-state index in [-0.39, 0.29) is 17.6 Å². The highest BCUT2D eigenvalue weighted by atomic mass is 16.5. The van der Waals surface area contributed by atoms with Crippen LogP contribution in [0.3, 0.4) is 0 Å². The summed E-state index contributed by atoms with van der Waals surface area (Å²) >= 11 is 0. The Morgan fingerprint density at radius 2 is 1.77 bits per heavy atom. The van der Waals surface area contributed by atoms with Gasteiger partial charge in [0.25, 0.3) is 5.91 Å². The Labute approximate surface area is 175 Å². The summed E-state index contributed by atoms with van der Waals surface area (Å²) in [5, 5.41) is 2.95. The molecule has 4 rings (SSSR count). The van der Waals surface area contributed by atoms with Gasteiger partial charge < -0.3 is 19.4 Å². The summed E-state index contributed by atoms with van der Waals surface area (Å²) < 4.78 is 10.9. The van der Waals surface area contributed by atoms with E-state index in [1.165, 1.54) is 6.26 Å². The molecule has 1 N–H and O–H groups in total. The van der Waals surface area contributed by atoms with E-state index >= 15 is 0 Å². The monoisotopic (exact) mass is 404 g/mol. The van der Waals surface area contributed by atoms with E-state index < -0.39 is 6.04 Å². The third-order valence-electron chi connectivity index (χ3n) is 5.19. The minimum Gasteiger partial charge on any atom is -0.489 e. The molecular formula is C24H24N2O4. The van der Waals surface area contributed by atoms with Crippen LogP contribution in [0.1, 0.15) is 34.5 Å². The Bertz CT molecular complexity index is 968. The van der Waals surface area contributed by atoms with E-state index in [0.29, 0.717) is 26.1 Å². The molecule has 154 valence electrons. The quantitative estimate of drug-likeness (QED) is 0.651. The number of benzene rings is 2. The second kappa shape index (κ2) is 9.31. The lowest BCUT2D eigenvalue weighted by molar-refractivity contribution is -0.125. The number of furan rings is 1. The van der Waals surface area contributed by atoms with Crippen LogP contribution in [0.5, 0.6) is 5.75 Å². The topological polar surface area (TPSA) is 71.8 Å². The molecule has 0 radical (unpaired) electrons. The average molecular weight is 404 g/mol. The maximum Gasteiger partial charge on any atom is 0.290 e. The highest BCUT2D eigenvalue weighted by Crippen LogP contribution is 2.21. The summed E-state index contributed by atoms with van der Waals surface area (Å²) in [4.78, 5) is 26.8. The van der Waals surface area contributed by atoms with E-state index in [1.807, 2.05) is 54.6 Å². The molecule has 1 aliphatic rings. The molecule has 1 saturated heterocycles. The number of para-hydroxylation sites is 1. The Morgan fingerprint density at radius 3 is 2.50 bits per heavy atom. The summed E-state index contributed by atoms with van der Waals surface area (Å²) in [6.07, 6.45) is 2.93. The summed E-state index contributed by atoms with van der Waals surface area (Å²) in [5.41, 5.74) is 2.05. The molecule has 1 fully saturated rings. The molecule has 1 unspecified atom stereocenters. The fourth-order valence-corrected chi connectivity index (χ4v) is 3.57. The van der Waals surface area contributed by atoms with E-state index in [0.717, 1.165) is 23.3 Å². The number of nitrogens with one attached hydrogen (secondary N) is 1. The lowest BCUT2D eigenvalue weighted by atomic mass is 10.1. The minimum atomic E-state index is -0.457. The molecule has 2 heterocycles. The number of nitrogens with zero attached hydrogens (tertiary/aromatic N) is 1. The van der Waals surface area contributed by atoms with Gasteiger partial charge >= 0.3 is 0 Å². The van der Waals surface area contributed by atoms with Gasteiger partial charge in [-0.05, 0) is 48.2 Å². The van der Waals surface area contributed by atoms with Gasteiger partial charge in [0.15, 0.2) is 5.76 Å². The lowest BCUT2D eigenvalue weighted by Crippen LogP contribution is -2.45. The largest absolute Gasteiger partial charge is 0.489 e. The molecule has 1 atom stereocenters. The summed E-state index contributed by atoms with van der Waals surface area (Å²) in [6.45, 7) is 1.47. The first-order valence-electron chi connectivity index (χ1n) is 10.1. The highest BCUT2D eigenvalue weighted by molar-refractivity contribution is 5.95. The van der Waals surface area contributed by atoms with Crippen molar-refractivity contribution in [2.45, 2.75) is 32.0 Å². The number of carbonyl (C=O) groups excluding carboxylic acids is 2. The van der Waals surface area contributed by atoms with Gasteiger partial charge in [-0.2, -0.15) is 0 Å². The number of ether oxygens (including phenoxy) is 1. The molecule has 2 aromatic carbocycles. The van der Waals surface area contributed by atoms with Gasteiger partial charge in [-0.3, -0.25) is 9.59 Å². The first-order chi connectivity index (χ1) is 14.7. The van der Waals surface area contributed by atoms with Crippen LogP contribution in [0.2, 0.25) is 0 Å². The van der Waals surface area contributed by atoms with Gasteiger partial charge in [0.05, 0.1) is 6.26 Å². The molecule has 3 aromatic rings. The van der Waals surface area contributed by atoms with Crippen LogP contribution < -0.4 is 10.1 Å². The van der Waals surface area contributed by atoms with Crippen LogP contribution in [-0.2, 0) is 17.9 Å². The van der Waals surface area contributed by atoms with Crippen molar-refractivity contribution in [1.82, 2.24) is 10.2 Å². The molecule has 30 heavy (non-hydrogen) atoms. The van der Waals surface area contributed by atoms with Crippen molar-refractivity contribution in [3.8, 4) is 5.75 Å². The molecule has 1 aromatic heterocycles. The van der Waals surface area contributed by atoms with Gasteiger partial charge in [0, 0.05) is 13.1 Å². The fraction of sp³-hybridized carbons (Fsp3) is 0.250. The first kappa shape index (κ1) is 19.8. The molecule has 0 bridgehead atoms. The number of hydrogen-bond donors (Lipinski definition) is 1. The predicted octanol–water partition coefficient (Wildman–Crippen LogP) is 3.78. The average Bonchev–Trinajstić information content (AvgIpc) is 3.49. The molecular weight excluding hydrogens is 380 g/mol. The molecule has 0 aliphatic carbocycles. The van der Waals surface area contributed by atoms with Crippen molar-refractivity contribution < 1.29 is 18.7 Å². The van der Waals surface area contributed by atoms with Gasteiger partial charge in [-0.25, -0.2) is 0 Å². The first-order valence-corrected chi connectivity index (χ1v) is 10.1. The third-order valence-corrected chi connectivity index (χ3v) is 5.19. The number of amides is 2. The molecule has 6 heteroatoms. The van der Waals surface area contributed by atoms with E-state index in [4.69, 9.17) is 9.15 Å². The fourth-order valence-electron chi connectivity index (χ4n) is 3.57. The van der Waals surface area contributed by atoms with Crippen LogP contribution in [0, 0.1) is 0 Å². The maximum absolute atomic E-state index is 12.7. The van der Waals surface area contributed by atoms with Crippen LogP contribution in [0.15, 0.2) is 77.4 Å². The summed E-state index contributed by atoms with van der Waals surface area (Å²) in [7, 11) is 0. The Hall–Kier alpha value is -3.54. The van der Waals surface area contributed by atoms with E-state index in [1.54, 1.807) is 17.0 Å². The lowest BCUT2D eigenvalue weighted by Gasteiger charge is -2.23. The zero-order valence-corrected chi connectivity index (χ0v) is 16.6. The number of likely N-dealkylation sites (tertiary alicyclic amines) is 1. The van der Waals surface area contributed by atoms with Crippen LogP contribution in [0.4, 0.5) is 0 Å². The summed E-state index contributed by atoms with van der Waals surface area (Å²) in [5.74, 6) is 0.728. The second-order valence-electron chi connectivity index (χ2n) is 7.27. The highest BCUT2D eigenvalue weighted by Gasteiger charge is 2.35. The van der Waals surface area contributed by atoms with Crippen molar-refractivity contribution in [2.24, 2.45) is 0 Å². The van der Waals surface area contributed by atoms with Gasteiger partial charge in [0.1, 0.15) is 18.4 Å². The number of hydrogen-bond acceptors (Lipinski definition) is 4. The van der Waals surface area contributed by atoms with E-state index in [9.17, 15) is 9.59 Å². The second-order valence-corrected chi connectivity index (χ2v) is 7.27. The minimum absolute atomic E-state index is 0.135. The zero-order valence-electron chi connectivity index (χ0n) is 16.6. The maximum atomic E-state index is 12.7. The molecule has 2 amide bonds. The van der Waals surface area contributed by atoms with Crippen molar-refractivity contribution >= 4 is 11.8 Å². The summed E-state index contributed by atoms with van der Waals surface area (Å²) in [6, 6.07) is 20.5. The number of carbonyl (C=O) groups is 2. The van der Waals surface area contributed by atoms with Crippen LogP contribution in [-0.4, -0.2) is 29.3 Å². The standard InChI is InChI=1S/C24H24N2O4/c27-23(21-8-4-14-26(21)24(28)22-9-5-15-29-22)25-16-18-10-12-19(13-11-18)17-30-20-6-2-1-3-7-20/h1-3,5-7,9-13,15,21H,4,8,14,16-17H2,(H,25,27). The van der Waals surface area contributed by atoms with Crippen molar-refractivity contribution in [2.75, 3.05) is 6.54 Å². The van der Waals surface area contributed by atoms with Crippen molar-refractivity contribution in [3.05, 3.63) is 89.9 Å². The van der Waals surface area contributed by atoms with Crippen LogP contribution >= 0.6 is 0 Å². The normalized spacial score (nSPS) is 15.7. The molecule has 1 aliphatic heterocycles. The Kier molecular flexibility index (Phi) is 6.13. The molecule has 6 nitrogen and oxygen atoms in total. The van der Waals surface area contributed by atoms with Gasteiger partial charge in [0.2, 0.25) is 5.91 Å². The van der Waals surface area contributed by atoms with Gasteiger partial charge in [-0.1, -0.05) is 42.5 Å². The van der Waals surface area contributed by atoms with Crippen LogP contribution in [0.25, 0.3) is 0 Å². The van der Waals surface area contributed by atoms with Crippen molar-refractivity contribution in [3.63, 3.8) is 0 Å². The van der Waals surface area contributed by atoms with Crippen molar-refractivity contribution in [1.29, 1.82) is 0 Å².